The van der Waals surface area contributed by atoms with Crippen molar-refractivity contribution in [1.29, 1.82) is 10.5 Å². The van der Waals surface area contributed by atoms with Crippen LogP contribution in [0, 0.1) is 22.7 Å². The number of allylic oxidation sites excluding steroid dienone is 3. The lowest BCUT2D eigenvalue weighted by atomic mass is 9.88. The van der Waals surface area contributed by atoms with Crippen LogP contribution in [0.2, 0.25) is 0 Å². The van der Waals surface area contributed by atoms with Crippen molar-refractivity contribution in [1.82, 2.24) is 0 Å². The molecular weight excluding hydrogens is 833 g/mol. The second kappa shape index (κ2) is 16.8. The molecule has 0 fully saturated rings. The fourth-order valence-electron chi connectivity index (χ4n) is 10.9. The van der Waals surface area contributed by atoms with Crippen LogP contribution in [0.5, 0.6) is 5.75 Å². The van der Waals surface area contributed by atoms with Crippen LogP contribution in [0.3, 0.4) is 0 Å². The van der Waals surface area contributed by atoms with Crippen molar-refractivity contribution >= 4 is 82.7 Å². The highest BCUT2D eigenvalue weighted by molar-refractivity contribution is 6.28. The number of ether oxygens (including phenoxy) is 1. The van der Waals surface area contributed by atoms with Gasteiger partial charge in [-0.05, 0) is 138 Å². The predicted octanol–water partition coefficient (Wildman–Crippen LogP) is 16.9. The topological polar surface area (TPSA) is 76.4 Å². The minimum absolute atomic E-state index is 0.0992. The van der Waals surface area contributed by atoms with E-state index in [0.29, 0.717) is 11.1 Å². The maximum absolute atomic E-state index is 9.87. The Kier molecular flexibility index (Phi) is 10.2. The Labute approximate surface area is 396 Å². The molecule has 6 heteroatoms. The number of fused-ring (bicyclic) bond motifs is 6. The van der Waals surface area contributed by atoms with Gasteiger partial charge in [-0.2, -0.15) is 10.5 Å². The highest BCUT2D eigenvalue weighted by Crippen LogP contribution is 2.52. The monoisotopic (exact) mass is 880 g/mol. The van der Waals surface area contributed by atoms with Gasteiger partial charge in [-0.3, -0.25) is 0 Å². The van der Waals surface area contributed by atoms with Crippen LogP contribution in [0.4, 0.5) is 28.4 Å². The summed E-state index contributed by atoms with van der Waals surface area (Å²) in [5.74, 6) is 2.06. The first kappa shape index (κ1) is 41.1. The summed E-state index contributed by atoms with van der Waals surface area (Å²) < 4.78 is 14.1. The summed E-state index contributed by atoms with van der Waals surface area (Å²) in [7, 11) is 0. The minimum atomic E-state index is 0.0992. The number of nitrogens with zero attached hydrogens (tertiary/aromatic N) is 4. The van der Waals surface area contributed by atoms with Crippen molar-refractivity contribution in [2.24, 2.45) is 0 Å². The van der Waals surface area contributed by atoms with Gasteiger partial charge in [-0.1, -0.05) is 118 Å². The van der Waals surface area contributed by atoms with Gasteiger partial charge in [0.15, 0.2) is 5.58 Å². The van der Waals surface area contributed by atoms with Crippen molar-refractivity contribution in [2.75, 3.05) is 9.80 Å². The van der Waals surface area contributed by atoms with Crippen LogP contribution in [0.25, 0.3) is 54.3 Å². The highest BCUT2D eigenvalue weighted by atomic mass is 16.5. The van der Waals surface area contributed by atoms with E-state index in [1.165, 1.54) is 22.1 Å². The minimum Gasteiger partial charge on any atom is -0.458 e. The summed E-state index contributed by atoms with van der Waals surface area (Å²) in [6.45, 7) is 4.46. The Morgan fingerprint density at radius 2 is 1.10 bits per heavy atom. The zero-order chi connectivity index (χ0) is 45.9. The number of benzene rings is 9. The second-order valence-electron chi connectivity index (χ2n) is 18.2. The number of unbranched alkanes of at least 4 members (excludes halogenated alkanes) is 2. The number of nitriles is 2. The molecule has 0 radical (unpaired) electrons. The largest absolute Gasteiger partial charge is 0.458 e. The Hall–Kier alpha value is -8.32. The van der Waals surface area contributed by atoms with Gasteiger partial charge in [0.2, 0.25) is 0 Å². The number of aryl methyl sites for hydroxylation is 2. The van der Waals surface area contributed by atoms with E-state index in [1.807, 2.05) is 36.4 Å². The zero-order valence-electron chi connectivity index (χ0n) is 38.2. The normalized spacial score (nSPS) is 14.1. The molecule has 1 aliphatic carbocycles. The molecule has 1 aromatic heterocycles. The summed E-state index contributed by atoms with van der Waals surface area (Å²) in [5.41, 5.74) is 12.5. The predicted molar refractivity (Wildman–Crippen MR) is 278 cm³/mol. The van der Waals surface area contributed by atoms with Crippen LogP contribution in [-0.4, -0.2) is 0 Å². The van der Waals surface area contributed by atoms with Gasteiger partial charge in [0.05, 0.1) is 51.9 Å². The number of rotatable bonds is 12. The quantitative estimate of drug-likeness (QED) is 0.114. The first-order chi connectivity index (χ1) is 33.6. The summed E-state index contributed by atoms with van der Waals surface area (Å²) in [6.07, 6.45) is 11.7. The molecule has 1 atom stereocenters. The summed E-state index contributed by atoms with van der Waals surface area (Å²) in [6, 6.07) is 57.9. The van der Waals surface area contributed by atoms with E-state index in [4.69, 9.17) is 9.15 Å². The molecule has 10 aromatic rings. The number of hydrogen-bond acceptors (Lipinski definition) is 6. The standard InChI is InChI=1S/C62H48N4O2/c1-3-5-11-43-13-7-15-47-49-17-9-19-55(61(49)67-59(43)47)65(45-29-21-39(37-63)22-30-45)53-35-27-41-26-34-52-54(36-28-42-25-33-51(53)57(41)58(42)52)66(46-31-23-40(38-64)24-32-46)56-20-10-18-50-48-16-8-14-44(12-6-4-2)60(48)68-62(50)56/h7-10,13-17,19-36,50H,3-6,11-12,18H2,1-2H3. The molecule has 0 saturated heterocycles. The molecule has 1 unspecified atom stereocenters. The molecule has 0 N–H and O–H groups in total. The van der Waals surface area contributed by atoms with Gasteiger partial charge >= 0.3 is 0 Å². The Morgan fingerprint density at radius 1 is 0.544 bits per heavy atom. The molecular formula is C62H48N4O2. The summed E-state index contributed by atoms with van der Waals surface area (Å²) in [5, 5.41) is 28.7. The first-order valence-corrected chi connectivity index (χ1v) is 24.0. The number of hydrogen-bond donors (Lipinski definition) is 0. The van der Waals surface area contributed by atoms with Gasteiger partial charge in [0.25, 0.3) is 0 Å². The molecule has 328 valence electrons. The van der Waals surface area contributed by atoms with E-state index in [0.717, 1.165) is 139 Å². The van der Waals surface area contributed by atoms with Crippen LogP contribution < -0.4 is 14.5 Å². The van der Waals surface area contributed by atoms with Crippen molar-refractivity contribution in [3.8, 4) is 17.9 Å². The van der Waals surface area contributed by atoms with Gasteiger partial charge in [-0.15, -0.1) is 0 Å². The number of furan rings is 1. The lowest BCUT2D eigenvalue weighted by Gasteiger charge is -2.32. The molecule has 68 heavy (non-hydrogen) atoms. The average Bonchev–Trinajstić information content (AvgIpc) is 3.98. The molecule has 0 spiro atoms. The van der Waals surface area contributed by atoms with E-state index in [9.17, 15) is 10.5 Å². The number of para-hydroxylation sites is 3. The first-order valence-electron chi connectivity index (χ1n) is 24.0. The van der Waals surface area contributed by atoms with Crippen molar-refractivity contribution < 1.29 is 9.15 Å². The lowest BCUT2D eigenvalue weighted by Crippen LogP contribution is -2.21. The molecule has 12 rings (SSSR count). The summed E-state index contributed by atoms with van der Waals surface area (Å²) in [4.78, 5) is 4.64. The van der Waals surface area contributed by atoms with Crippen molar-refractivity contribution in [3.05, 3.63) is 203 Å². The molecule has 0 amide bonds. The van der Waals surface area contributed by atoms with Crippen molar-refractivity contribution in [3.63, 3.8) is 0 Å². The van der Waals surface area contributed by atoms with E-state index in [2.05, 4.69) is 163 Å². The second-order valence-corrected chi connectivity index (χ2v) is 18.2. The van der Waals surface area contributed by atoms with Crippen LogP contribution in [-0.2, 0) is 12.8 Å². The number of anilines is 5. The third-order valence-corrected chi connectivity index (χ3v) is 14.2. The van der Waals surface area contributed by atoms with Crippen molar-refractivity contribution in [2.45, 2.75) is 64.7 Å². The third kappa shape index (κ3) is 6.59. The van der Waals surface area contributed by atoms with Gasteiger partial charge in [0, 0.05) is 38.5 Å². The summed E-state index contributed by atoms with van der Waals surface area (Å²) >= 11 is 0. The molecule has 9 aromatic carbocycles. The third-order valence-electron chi connectivity index (χ3n) is 14.2. The Bertz CT molecular complexity index is 3750. The maximum Gasteiger partial charge on any atom is 0.159 e. The Morgan fingerprint density at radius 3 is 1.75 bits per heavy atom. The van der Waals surface area contributed by atoms with Gasteiger partial charge in [0.1, 0.15) is 17.1 Å². The van der Waals surface area contributed by atoms with Crippen LogP contribution >= 0.6 is 0 Å². The SMILES string of the molecule is CCCCc1cccc2c1OC1=C(N(c3ccc(C#N)cc3)c3ccc4ccc5c(N(c6ccc(C#N)cc6)c6cccc7c6oc6c(CCCC)cccc67)ccc6ccc3c4c65)C=CCC12. The van der Waals surface area contributed by atoms with E-state index in [1.54, 1.807) is 0 Å². The van der Waals surface area contributed by atoms with Gasteiger partial charge in [-0.25, -0.2) is 0 Å². The fourth-order valence-corrected chi connectivity index (χ4v) is 10.9. The molecule has 6 nitrogen and oxygen atoms in total. The van der Waals surface area contributed by atoms with E-state index in [-0.39, 0.29) is 5.92 Å². The lowest BCUT2D eigenvalue weighted by molar-refractivity contribution is 0.414. The van der Waals surface area contributed by atoms with E-state index < -0.39 is 0 Å². The molecule has 0 bridgehead atoms. The average molecular weight is 881 g/mol. The van der Waals surface area contributed by atoms with Crippen LogP contribution in [0.15, 0.2) is 180 Å². The molecule has 2 aliphatic rings. The van der Waals surface area contributed by atoms with Crippen LogP contribution in [0.1, 0.15) is 79.7 Å². The highest BCUT2D eigenvalue weighted by Gasteiger charge is 2.37. The zero-order valence-corrected chi connectivity index (χ0v) is 38.2. The maximum atomic E-state index is 9.87. The molecule has 2 heterocycles. The smallest absolute Gasteiger partial charge is 0.159 e. The fraction of sp³-hybridized carbons (Fsp3) is 0.161. The Balaban J connectivity index is 1.08. The van der Waals surface area contributed by atoms with E-state index >= 15 is 0 Å². The molecule has 0 saturated carbocycles. The molecule has 1 aliphatic heterocycles. The van der Waals surface area contributed by atoms with Gasteiger partial charge < -0.3 is 19.0 Å².